The van der Waals surface area contributed by atoms with Crippen LogP contribution in [-0.4, -0.2) is 29.4 Å². The number of amides is 1. The van der Waals surface area contributed by atoms with E-state index in [-0.39, 0.29) is 24.2 Å². The minimum Gasteiger partial charge on any atom is -0.481 e. The van der Waals surface area contributed by atoms with Gasteiger partial charge in [-0.05, 0) is 5.92 Å². The Balaban J connectivity index is 4.10. The molecule has 0 bridgehead atoms. The Morgan fingerprint density at radius 1 is 1.50 bits per heavy atom. The molecule has 5 heteroatoms. The monoisotopic (exact) mass is 221 g/mol. The Morgan fingerprint density at radius 2 is 2.07 bits per heavy atom. The van der Waals surface area contributed by atoms with Gasteiger partial charge in [0.15, 0.2) is 0 Å². The number of hydrogen-bond donors (Lipinski definition) is 2. The highest BCUT2D eigenvalue weighted by Gasteiger charge is 2.23. The van der Waals surface area contributed by atoms with E-state index in [0.29, 0.717) is 0 Å². The molecular weight excluding hydrogens is 206 g/mol. The molecule has 0 aromatic rings. The van der Waals surface area contributed by atoms with E-state index in [1.165, 1.54) is 0 Å². The number of nitrogens with one attached hydrogen (secondary N) is 1. The van der Waals surface area contributed by atoms with Gasteiger partial charge in [-0.1, -0.05) is 20.3 Å². The van der Waals surface area contributed by atoms with Crippen molar-refractivity contribution in [2.45, 2.75) is 20.3 Å². The number of alkyl halides is 1. The van der Waals surface area contributed by atoms with Gasteiger partial charge in [0.05, 0.1) is 5.92 Å². The molecule has 0 spiro atoms. The normalized spacial score (nSPS) is 14.5. The summed E-state index contributed by atoms with van der Waals surface area (Å²) < 4.78 is 0. The number of carboxylic acids is 1. The van der Waals surface area contributed by atoms with E-state index < -0.39 is 11.9 Å². The van der Waals surface area contributed by atoms with Crippen LogP contribution in [0.25, 0.3) is 0 Å². The molecular formula is C9H16ClNO3. The van der Waals surface area contributed by atoms with E-state index in [1.54, 1.807) is 0 Å². The second-order valence-electron chi connectivity index (χ2n) is 3.27. The van der Waals surface area contributed by atoms with E-state index in [9.17, 15) is 9.59 Å². The quantitative estimate of drug-likeness (QED) is 0.660. The predicted molar refractivity (Wildman–Crippen MR) is 54.3 cm³/mol. The van der Waals surface area contributed by atoms with E-state index in [1.807, 2.05) is 13.8 Å². The van der Waals surface area contributed by atoms with Gasteiger partial charge in [-0.15, -0.1) is 11.6 Å². The van der Waals surface area contributed by atoms with Gasteiger partial charge in [0.1, 0.15) is 5.88 Å². The second-order valence-corrected chi connectivity index (χ2v) is 3.54. The smallest absolute Gasteiger partial charge is 0.308 e. The largest absolute Gasteiger partial charge is 0.481 e. The third-order valence-corrected chi connectivity index (χ3v) is 2.53. The fourth-order valence-corrected chi connectivity index (χ4v) is 1.18. The maximum absolute atomic E-state index is 10.8. The van der Waals surface area contributed by atoms with Crippen LogP contribution in [0, 0.1) is 11.8 Å². The third kappa shape index (κ3) is 4.46. The molecule has 0 radical (unpaired) electrons. The van der Waals surface area contributed by atoms with Gasteiger partial charge in [0, 0.05) is 6.54 Å². The van der Waals surface area contributed by atoms with Crippen molar-refractivity contribution in [1.29, 1.82) is 0 Å². The number of hydrogen-bond acceptors (Lipinski definition) is 2. The molecule has 0 aliphatic carbocycles. The predicted octanol–water partition coefficient (Wildman–Crippen LogP) is 1.09. The molecule has 2 unspecified atom stereocenters. The fraction of sp³-hybridized carbons (Fsp3) is 0.778. The van der Waals surface area contributed by atoms with Gasteiger partial charge in [-0.25, -0.2) is 0 Å². The summed E-state index contributed by atoms with van der Waals surface area (Å²) in [6.07, 6.45) is 0.772. The summed E-state index contributed by atoms with van der Waals surface area (Å²) in [5.41, 5.74) is 0. The van der Waals surface area contributed by atoms with Crippen LogP contribution in [0.3, 0.4) is 0 Å². The molecule has 1 amide bonds. The second kappa shape index (κ2) is 6.65. The number of halogens is 1. The molecule has 0 heterocycles. The molecule has 0 aliphatic rings. The minimum atomic E-state index is -0.880. The van der Waals surface area contributed by atoms with Crippen molar-refractivity contribution in [2.75, 3.05) is 12.4 Å². The molecule has 0 saturated heterocycles. The van der Waals surface area contributed by atoms with Gasteiger partial charge in [0.25, 0.3) is 0 Å². The Kier molecular flexibility index (Phi) is 6.28. The highest BCUT2D eigenvalue weighted by Crippen LogP contribution is 2.14. The number of carbonyl (C=O) groups excluding carboxylic acids is 1. The SMILES string of the molecule is CCC(C)C(CNC(=O)CCl)C(=O)O. The van der Waals surface area contributed by atoms with Crippen molar-refractivity contribution in [1.82, 2.24) is 5.32 Å². The van der Waals surface area contributed by atoms with Crippen LogP contribution in [0.4, 0.5) is 0 Å². The number of carboxylic acid groups (broad SMARTS) is 1. The molecule has 14 heavy (non-hydrogen) atoms. The van der Waals surface area contributed by atoms with Crippen LogP contribution in [0.1, 0.15) is 20.3 Å². The molecule has 0 rings (SSSR count). The molecule has 82 valence electrons. The van der Waals surface area contributed by atoms with Crippen molar-refractivity contribution in [3.05, 3.63) is 0 Å². The lowest BCUT2D eigenvalue weighted by molar-refractivity contribution is -0.143. The zero-order chi connectivity index (χ0) is 11.1. The lowest BCUT2D eigenvalue weighted by Gasteiger charge is -2.18. The molecule has 0 aromatic carbocycles. The first-order chi connectivity index (χ1) is 6.52. The Morgan fingerprint density at radius 3 is 2.43 bits per heavy atom. The lowest BCUT2D eigenvalue weighted by Crippen LogP contribution is -2.36. The first kappa shape index (κ1) is 13.2. The van der Waals surface area contributed by atoms with E-state index in [2.05, 4.69) is 5.32 Å². The molecule has 0 fully saturated rings. The van der Waals surface area contributed by atoms with Gasteiger partial charge < -0.3 is 10.4 Å². The van der Waals surface area contributed by atoms with Gasteiger partial charge in [-0.3, -0.25) is 9.59 Å². The number of aliphatic carboxylic acids is 1. The Labute approximate surface area is 88.6 Å². The molecule has 0 aliphatic heterocycles. The average Bonchev–Trinajstić information content (AvgIpc) is 2.16. The maximum Gasteiger partial charge on any atom is 0.308 e. The molecule has 4 nitrogen and oxygen atoms in total. The van der Waals surface area contributed by atoms with Crippen LogP contribution >= 0.6 is 11.6 Å². The molecule has 2 N–H and O–H groups in total. The van der Waals surface area contributed by atoms with Gasteiger partial charge in [0.2, 0.25) is 5.91 Å². The molecule has 0 saturated carbocycles. The maximum atomic E-state index is 10.8. The van der Waals surface area contributed by atoms with Gasteiger partial charge in [-0.2, -0.15) is 0 Å². The Hall–Kier alpha value is -0.770. The summed E-state index contributed by atoms with van der Waals surface area (Å²) in [5, 5.41) is 11.4. The lowest BCUT2D eigenvalue weighted by atomic mass is 9.92. The number of rotatable bonds is 6. The van der Waals surface area contributed by atoms with E-state index in [0.717, 1.165) is 6.42 Å². The standard InChI is InChI=1S/C9H16ClNO3/c1-3-6(2)7(9(13)14)5-11-8(12)4-10/h6-7H,3-5H2,1-2H3,(H,11,12)(H,13,14). The zero-order valence-electron chi connectivity index (χ0n) is 8.42. The van der Waals surface area contributed by atoms with Crippen molar-refractivity contribution >= 4 is 23.5 Å². The first-order valence-corrected chi connectivity index (χ1v) is 5.11. The molecule has 2 atom stereocenters. The summed E-state index contributed by atoms with van der Waals surface area (Å²) in [4.78, 5) is 21.6. The van der Waals surface area contributed by atoms with Crippen molar-refractivity contribution in [3.8, 4) is 0 Å². The Bertz CT molecular complexity index is 208. The summed E-state index contributed by atoms with van der Waals surface area (Å²) in [5.74, 6) is -1.84. The number of carbonyl (C=O) groups is 2. The fourth-order valence-electron chi connectivity index (χ4n) is 1.09. The van der Waals surface area contributed by atoms with Crippen LogP contribution in [-0.2, 0) is 9.59 Å². The minimum absolute atomic E-state index is 0.0446. The summed E-state index contributed by atoms with van der Waals surface area (Å²) >= 11 is 5.27. The average molecular weight is 222 g/mol. The zero-order valence-corrected chi connectivity index (χ0v) is 9.17. The van der Waals surface area contributed by atoms with Crippen LogP contribution in [0.2, 0.25) is 0 Å². The topological polar surface area (TPSA) is 66.4 Å². The summed E-state index contributed by atoms with van der Waals surface area (Å²) in [7, 11) is 0. The van der Waals surface area contributed by atoms with Crippen molar-refractivity contribution in [2.24, 2.45) is 11.8 Å². The highest BCUT2D eigenvalue weighted by atomic mass is 35.5. The summed E-state index contributed by atoms with van der Waals surface area (Å²) in [6.45, 7) is 3.92. The van der Waals surface area contributed by atoms with Gasteiger partial charge >= 0.3 is 5.97 Å². The first-order valence-electron chi connectivity index (χ1n) is 4.58. The van der Waals surface area contributed by atoms with E-state index >= 15 is 0 Å². The van der Waals surface area contributed by atoms with Crippen LogP contribution in [0.5, 0.6) is 0 Å². The summed E-state index contributed by atoms with van der Waals surface area (Å²) in [6, 6.07) is 0. The van der Waals surface area contributed by atoms with Crippen molar-refractivity contribution in [3.63, 3.8) is 0 Å². The highest BCUT2D eigenvalue weighted by molar-refractivity contribution is 6.27. The van der Waals surface area contributed by atoms with Crippen LogP contribution in [0.15, 0.2) is 0 Å². The molecule has 0 aromatic heterocycles. The van der Waals surface area contributed by atoms with Crippen molar-refractivity contribution < 1.29 is 14.7 Å². The van der Waals surface area contributed by atoms with Crippen LogP contribution < -0.4 is 5.32 Å². The third-order valence-electron chi connectivity index (χ3n) is 2.29. The van der Waals surface area contributed by atoms with E-state index in [4.69, 9.17) is 16.7 Å².